The minimum absolute atomic E-state index is 0.0669. The molecule has 3 rings (SSSR count). The SMILES string of the molecule is COc1cccc(C2C3CCCC=C3C(C#N)=C(N)C2(C#N)C#N)c1. The summed E-state index contributed by atoms with van der Waals surface area (Å²) in [5, 5.41) is 29.4. The molecular weight excluding hydrogens is 312 g/mol. The number of fused-ring (bicyclic) bond motifs is 1. The van der Waals surface area contributed by atoms with Crippen LogP contribution in [0.25, 0.3) is 0 Å². The molecular formula is C20H18N4O. The van der Waals surface area contributed by atoms with Crippen LogP contribution >= 0.6 is 0 Å². The van der Waals surface area contributed by atoms with Gasteiger partial charge in [0.1, 0.15) is 11.8 Å². The van der Waals surface area contributed by atoms with Crippen LogP contribution in [-0.2, 0) is 0 Å². The molecule has 0 bridgehead atoms. The number of allylic oxidation sites excluding steroid dienone is 4. The van der Waals surface area contributed by atoms with Gasteiger partial charge in [0.05, 0.1) is 30.5 Å². The van der Waals surface area contributed by atoms with E-state index >= 15 is 0 Å². The van der Waals surface area contributed by atoms with Gasteiger partial charge in [-0.25, -0.2) is 0 Å². The minimum Gasteiger partial charge on any atom is -0.497 e. The van der Waals surface area contributed by atoms with E-state index in [0.29, 0.717) is 11.3 Å². The second kappa shape index (κ2) is 6.34. The summed E-state index contributed by atoms with van der Waals surface area (Å²) < 4.78 is 5.31. The molecule has 0 saturated heterocycles. The van der Waals surface area contributed by atoms with Crippen LogP contribution in [0.5, 0.6) is 5.75 Å². The van der Waals surface area contributed by atoms with Crippen LogP contribution in [0, 0.1) is 45.3 Å². The Morgan fingerprint density at radius 2 is 2.00 bits per heavy atom. The Hall–Kier alpha value is -3.23. The maximum Gasteiger partial charge on any atom is 0.191 e. The van der Waals surface area contributed by atoms with Gasteiger partial charge in [-0.3, -0.25) is 0 Å². The summed E-state index contributed by atoms with van der Waals surface area (Å²) in [6.45, 7) is 0. The molecule has 0 heterocycles. The van der Waals surface area contributed by atoms with Crippen LogP contribution in [-0.4, -0.2) is 7.11 Å². The lowest BCUT2D eigenvalue weighted by Crippen LogP contribution is -2.42. The number of methoxy groups -OCH3 is 1. The van der Waals surface area contributed by atoms with E-state index in [-0.39, 0.29) is 11.6 Å². The highest BCUT2D eigenvalue weighted by Gasteiger charge is 2.53. The fourth-order valence-corrected chi connectivity index (χ4v) is 4.08. The number of nitrogens with two attached hydrogens (primary N) is 1. The van der Waals surface area contributed by atoms with Gasteiger partial charge in [-0.2, -0.15) is 15.8 Å². The second-order valence-corrected chi connectivity index (χ2v) is 6.38. The highest BCUT2D eigenvalue weighted by molar-refractivity contribution is 5.59. The molecule has 0 fully saturated rings. The van der Waals surface area contributed by atoms with Gasteiger partial charge < -0.3 is 10.5 Å². The van der Waals surface area contributed by atoms with Gasteiger partial charge in [-0.15, -0.1) is 0 Å². The lowest BCUT2D eigenvalue weighted by Gasteiger charge is -2.43. The summed E-state index contributed by atoms with van der Waals surface area (Å²) in [6.07, 6.45) is 4.68. The first kappa shape index (κ1) is 16.6. The van der Waals surface area contributed by atoms with Gasteiger partial charge in [0.2, 0.25) is 0 Å². The summed E-state index contributed by atoms with van der Waals surface area (Å²) in [5.74, 6) is 0.153. The molecule has 0 radical (unpaired) electrons. The number of rotatable bonds is 2. The first-order valence-corrected chi connectivity index (χ1v) is 8.20. The molecule has 2 unspecified atom stereocenters. The van der Waals surface area contributed by atoms with Crippen molar-refractivity contribution in [3.05, 3.63) is 52.7 Å². The third kappa shape index (κ3) is 2.35. The molecule has 0 amide bonds. The second-order valence-electron chi connectivity index (χ2n) is 6.38. The smallest absolute Gasteiger partial charge is 0.191 e. The quantitative estimate of drug-likeness (QED) is 0.895. The third-order valence-electron chi connectivity index (χ3n) is 5.25. The van der Waals surface area contributed by atoms with Crippen LogP contribution in [0.4, 0.5) is 0 Å². The summed E-state index contributed by atoms with van der Waals surface area (Å²) in [6, 6.07) is 13.8. The first-order chi connectivity index (χ1) is 12.1. The van der Waals surface area contributed by atoms with Crippen molar-refractivity contribution in [2.45, 2.75) is 25.2 Å². The molecule has 0 spiro atoms. The molecule has 2 aliphatic rings. The van der Waals surface area contributed by atoms with Gasteiger partial charge in [-0.1, -0.05) is 18.2 Å². The van der Waals surface area contributed by atoms with Crippen LogP contribution in [0.3, 0.4) is 0 Å². The average molecular weight is 330 g/mol. The molecule has 0 aliphatic heterocycles. The van der Waals surface area contributed by atoms with Crippen molar-refractivity contribution in [3.63, 3.8) is 0 Å². The van der Waals surface area contributed by atoms with Crippen LogP contribution in [0.1, 0.15) is 30.7 Å². The maximum atomic E-state index is 9.93. The Balaban J connectivity index is 2.31. The van der Waals surface area contributed by atoms with Crippen LogP contribution < -0.4 is 10.5 Å². The van der Waals surface area contributed by atoms with E-state index in [0.717, 1.165) is 30.4 Å². The molecule has 2 atom stereocenters. The standard InChI is InChI=1S/C20H18N4O/c1-25-14-6-4-5-13(9-14)18-16-8-3-2-7-15(16)17(10-21)19(24)20(18,11-22)12-23/h4-7,9,16,18H,2-3,8,24H2,1H3. The topological polar surface area (TPSA) is 107 Å². The van der Waals surface area contributed by atoms with Gasteiger partial charge in [0.25, 0.3) is 0 Å². The summed E-state index contributed by atoms with van der Waals surface area (Å²) >= 11 is 0. The molecule has 25 heavy (non-hydrogen) atoms. The Kier molecular flexibility index (Phi) is 4.22. The molecule has 2 N–H and O–H groups in total. The summed E-state index contributed by atoms with van der Waals surface area (Å²) in [5.41, 5.74) is 6.75. The van der Waals surface area contributed by atoms with E-state index in [4.69, 9.17) is 10.5 Å². The zero-order chi connectivity index (χ0) is 18.0. The van der Waals surface area contributed by atoms with E-state index in [2.05, 4.69) is 18.2 Å². The van der Waals surface area contributed by atoms with Crippen molar-refractivity contribution in [2.24, 2.45) is 17.1 Å². The zero-order valence-electron chi connectivity index (χ0n) is 14.0. The Morgan fingerprint density at radius 1 is 1.24 bits per heavy atom. The summed E-state index contributed by atoms with van der Waals surface area (Å²) in [4.78, 5) is 0. The molecule has 124 valence electrons. The lowest BCUT2D eigenvalue weighted by molar-refractivity contribution is 0.316. The average Bonchev–Trinajstić information content (AvgIpc) is 2.67. The van der Waals surface area contributed by atoms with Crippen LogP contribution in [0.2, 0.25) is 0 Å². The number of ether oxygens (including phenoxy) is 1. The monoisotopic (exact) mass is 330 g/mol. The molecule has 0 saturated carbocycles. The van der Waals surface area contributed by atoms with E-state index in [1.54, 1.807) is 7.11 Å². The summed E-state index contributed by atoms with van der Waals surface area (Å²) in [7, 11) is 1.58. The van der Waals surface area contributed by atoms with Crippen LogP contribution in [0.15, 0.2) is 47.2 Å². The van der Waals surface area contributed by atoms with E-state index in [9.17, 15) is 15.8 Å². The number of hydrogen-bond donors (Lipinski definition) is 1. The predicted octanol–water partition coefficient (Wildman–Crippen LogP) is 3.29. The molecule has 2 aliphatic carbocycles. The maximum absolute atomic E-state index is 9.93. The Bertz CT molecular complexity index is 877. The predicted molar refractivity (Wildman–Crippen MR) is 91.6 cm³/mol. The molecule has 5 nitrogen and oxygen atoms in total. The van der Waals surface area contributed by atoms with Gasteiger partial charge in [0.15, 0.2) is 5.41 Å². The number of benzene rings is 1. The van der Waals surface area contributed by atoms with Gasteiger partial charge in [-0.05, 0) is 48.4 Å². The van der Waals surface area contributed by atoms with E-state index in [1.807, 2.05) is 30.3 Å². The Morgan fingerprint density at radius 3 is 2.64 bits per heavy atom. The van der Waals surface area contributed by atoms with Gasteiger partial charge >= 0.3 is 0 Å². The molecule has 1 aromatic rings. The first-order valence-electron chi connectivity index (χ1n) is 8.20. The zero-order valence-corrected chi connectivity index (χ0v) is 14.0. The van der Waals surface area contributed by atoms with Crippen molar-refractivity contribution in [1.29, 1.82) is 15.8 Å². The van der Waals surface area contributed by atoms with Crippen molar-refractivity contribution in [1.82, 2.24) is 0 Å². The fourth-order valence-electron chi connectivity index (χ4n) is 4.08. The number of nitrogens with zero attached hydrogens (tertiary/aromatic N) is 3. The lowest BCUT2D eigenvalue weighted by atomic mass is 9.57. The molecule has 0 aromatic heterocycles. The molecule has 1 aromatic carbocycles. The Labute approximate surface area is 147 Å². The van der Waals surface area contributed by atoms with E-state index < -0.39 is 11.3 Å². The minimum atomic E-state index is -1.56. The third-order valence-corrected chi connectivity index (χ3v) is 5.25. The van der Waals surface area contributed by atoms with E-state index in [1.165, 1.54) is 0 Å². The van der Waals surface area contributed by atoms with Crippen molar-refractivity contribution in [2.75, 3.05) is 7.11 Å². The fraction of sp³-hybridized carbons (Fsp3) is 0.350. The highest BCUT2D eigenvalue weighted by Crippen LogP contribution is 2.55. The van der Waals surface area contributed by atoms with Crippen molar-refractivity contribution >= 4 is 0 Å². The largest absolute Gasteiger partial charge is 0.497 e. The normalized spacial score (nSPS) is 24.2. The van der Waals surface area contributed by atoms with Crippen molar-refractivity contribution < 1.29 is 4.74 Å². The highest BCUT2D eigenvalue weighted by atomic mass is 16.5. The molecule has 5 heteroatoms. The number of nitriles is 3. The van der Waals surface area contributed by atoms with Crippen molar-refractivity contribution in [3.8, 4) is 24.0 Å². The van der Waals surface area contributed by atoms with Gasteiger partial charge in [0, 0.05) is 5.92 Å². The number of hydrogen-bond acceptors (Lipinski definition) is 5.